The normalized spacial score (nSPS) is 33.5. The van der Waals surface area contributed by atoms with Crippen molar-refractivity contribution in [3.8, 4) is 0 Å². The van der Waals surface area contributed by atoms with E-state index in [1.165, 1.54) is 31.3 Å². The van der Waals surface area contributed by atoms with E-state index in [2.05, 4.69) is 6.58 Å². The van der Waals surface area contributed by atoms with Gasteiger partial charge in [0.05, 0.1) is 12.7 Å². The maximum Gasteiger partial charge on any atom is 0.0811 e. The second kappa shape index (κ2) is 2.98. The molecular formula is C10H16O. The summed E-state index contributed by atoms with van der Waals surface area (Å²) in [6.07, 6.45) is 7.06. The van der Waals surface area contributed by atoms with Gasteiger partial charge < -0.3 is 4.74 Å². The zero-order chi connectivity index (χ0) is 7.68. The molecule has 62 valence electrons. The third kappa shape index (κ3) is 1.34. The lowest BCUT2D eigenvalue weighted by molar-refractivity contribution is 0.0808. The minimum absolute atomic E-state index is 0.428. The molecule has 0 spiro atoms. The first-order chi connectivity index (χ1) is 5.38. The van der Waals surface area contributed by atoms with Gasteiger partial charge in [-0.2, -0.15) is 0 Å². The smallest absolute Gasteiger partial charge is 0.0811 e. The number of rotatable bonds is 1. The SMILES string of the molecule is C=C1CCOC1C1CCCC1. The highest BCUT2D eigenvalue weighted by molar-refractivity contribution is 5.09. The Morgan fingerprint density at radius 2 is 2.00 bits per heavy atom. The van der Waals surface area contributed by atoms with Gasteiger partial charge in [0.15, 0.2) is 0 Å². The first-order valence-corrected chi connectivity index (χ1v) is 4.67. The van der Waals surface area contributed by atoms with Crippen LogP contribution in [0.1, 0.15) is 32.1 Å². The first-order valence-electron chi connectivity index (χ1n) is 4.67. The van der Waals surface area contributed by atoms with Crippen molar-refractivity contribution >= 4 is 0 Å². The summed E-state index contributed by atoms with van der Waals surface area (Å²) in [5.74, 6) is 0.810. The van der Waals surface area contributed by atoms with Gasteiger partial charge in [0.1, 0.15) is 0 Å². The van der Waals surface area contributed by atoms with Gasteiger partial charge in [-0.05, 0) is 30.8 Å². The Kier molecular flexibility index (Phi) is 1.99. The van der Waals surface area contributed by atoms with Crippen molar-refractivity contribution < 1.29 is 4.74 Å². The molecule has 0 radical (unpaired) electrons. The lowest BCUT2D eigenvalue weighted by Crippen LogP contribution is -2.17. The Morgan fingerprint density at radius 3 is 2.55 bits per heavy atom. The largest absolute Gasteiger partial charge is 0.373 e. The summed E-state index contributed by atoms with van der Waals surface area (Å²) in [6, 6.07) is 0. The Bertz CT molecular complexity index is 156. The molecule has 11 heavy (non-hydrogen) atoms. The third-order valence-electron chi connectivity index (χ3n) is 2.95. The van der Waals surface area contributed by atoms with Crippen LogP contribution in [-0.4, -0.2) is 12.7 Å². The average Bonchev–Trinajstić information content (AvgIpc) is 2.55. The summed E-state index contributed by atoms with van der Waals surface area (Å²) in [4.78, 5) is 0. The Morgan fingerprint density at radius 1 is 1.27 bits per heavy atom. The predicted molar refractivity (Wildman–Crippen MR) is 45.5 cm³/mol. The van der Waals surface area contributed by atoms with Crippen LogP contribution in [0.25, 0.3) is 0 Å². The molecule has 1 unspecified atom stereocenters. The van der Waals surface area contributed by atoms with Crippen molar-refractivity contribution in [2.24, 2.45) is 5.92 Å². The Labute approximate surface area is 68.4 Å². The van der Waals surface area contributed by atoms with Crippen molar-refractivity contribution in [1.29, 1.82) is 0 Å². The van der Waals surface area contributed by atoms with Crippen LogP contribution in [0, 0.1) is 5.92 Å². The molecule has 1 saturated heterocycles. The van der Waals surface area contributed by atoms with E-state index >= 15 is 0 Å². The van der Waals surface area contributed by atoms with Crippen molar-refractivity contribution in [2.75, 3.05) is 6.61 Å². The van der Waals surface area contributed by atoms with Gasteiger partial charge in [-0.3, -0.25) is 0 Å². The van der Waals surface area contributed by atoms with Crippen molar-refractivity contribution in [1.82, 2.24) is 0 Å². The second-order valence-corrected chi connectivity index (χ2v) is 3.74. The quantitative estimate of drug-likeness (QED) is 0.525. The number of hydrogen-bond donors (Lipinski definition) is 0. The van der Waals surface area contributed by atoms with Crippen LogP contribution in [-0.2, 0) is 4.74 Å². The van der Waals surface area contributed by atoms with E-state index in [9.17, 15) is 0 Å². The second-order valence-electron chi connectivity index (χ2n) is 3.74. The lowest BCUT2D eigenvalue weighted by Gasteiger charge is -2.17. The fourth-order valence-corrected chi connectivity index (χ4v) is 2.31. The molecule has 1 aliphatic heterocycles. The molecule has 0 aromatic rings. The molecule has 1 atom stereocenters. The molecule has 1 heteroatoms. The highest BCUT2D eigenvalue weighted by atomic mass is 16.5. The molecule has 2 fully saturated rings. The van der Waals surface area contributed by atoms with E-state index in [-0.39, 0.29) is 0 Å². The van der Waals surface area contributed by atoms with Crippen LogP contribution < -0.4 is 0 Å². The summed E-state index contributed by atoms with van der Waals surface area (Å²) < 4.78 is 5.65. The van der Waals surface area contributed by atoms with E-state index in [1.54, 1.807) is 0 Å². The summed E-state index contributed by atoms with van der Waals surface area (Å²) in [7, 11) is 0. The van der Waals surface area contributed by atoms with E-state index < -0.39 is 0 Å². The molecule has 2 aliphatic rings. The highest BCUT2D eigenvalue weighted by Gasteiger charge is 2.30. The molecule has 0 bridgehead atoms. The van der Waals surface area contributed by atoms with Gasteiger partial charge in [0.2, 0.25) is 0 Å². The van der Waals surface area contributed by atoms with Gasteiger partial charge in [-0.15, -0.1) is 0 Å². The average molecular weight is 152 g/mol. The summed E-state index contributed by atoms with van der Waals surface area (Å²) >= 11 is 0. The molecule has 0 N–H and O–H groups in total. The van der Waals surface area contributed by atoms with Crippen LogP contribution in [0.2, 0.25) is 0 Å². The van der Waals surface area contributed by atoms with Gasteiger partial charge in [-0.25, -0.2) is 0 Å². The molecule has 0 aromatic heterocycles. The minimum Gasteiger partial charge on any atom is -0.373 e. The van der Waals surface area contributed by atoms with E-state index in [1.807, 2.05) is 0 Å². The van der Waals surface area contributed by atoms with Crippen LogP contribution in [0.4, 0.5) is 0 Å². The first kappa shape index (κ1) is 7.35. The lowest BCUT2D eigenvalue weighted by atomic mass is 9.95. The van der Waals surface area contributed by atoms with Crippen molar-refractivity contribution in [3.05, 3.63) is 12.2 Å². The van der Waals surface area contributed by atoms with Crippen LogP contribution in [0.15, 0.2) is 12.2 Å². The maximum absolute atomic E-state index is 5.65. The molecular weight excluding hydrogens is 136 g/mol. The van der Waals surface area contributed by atoms with E-state index in [0.717, 1.165) is 18.9 Å². The van der Waals surface area contributed by atoms with E-state index in [4.69, 9.17) is 4.74 Å². The predicted octanol–water partition coefficient (Wildman–Crippen LogP) is 2.52. The molecule has 1 heterocycles. The standard InChI is InChI=1S/C10H16O/c1-8-6-7-11-10(8)9-4-2-3-5-9/h9-10H,1-7H2. The zero-order valence-electron chi connectivity index (χ0n) is 7.01. The summed E-state index contributed by atoms with van der Waals surface area (Å²) in [5.41, 5.74) is 1.34. The molecule has 0 amide bonds. The van der Waals surface area contributed by atoms with Gasteiger partial charge in [-0.1, -0.05) is 19.4 Å². The van der Waals surface area contributed by atoms with Gasteiger partial charge >= 0.3 is 0 Å². The van der Waals surface area contributed by atoms with Gasteiger partial charge in [0, 0.05) is 0 Å². The topological polar surface area (TPSA) is 9.23 Å². The molecule has 1 nitrogen and oxygen atoms in total. The van der Waals surface area contributed by atoms with Crippen molar-refractivity contribution in [3.63, 3.8) is 0 Å². The third-order valence-corrected chi connectivity index (χ3v) is 2.95. The highest BCUT2D eigenvalue weighted by Crippen LogP contribution is 2.35. The zero-order valence-corrected chi connectivity index (χ0v) is 7.01. The Hall–Kier alpha value is -0.300. The molecule has 1 saturated carbocycles. The summed E-state index contributed by atoms with van der Waals surface area (Å²) in [5, 5.41) is 0. The molecule has 1 aliphatic carbocycles. The fraction of sp³-hybridized carbons (Fsp3) is 0.800. The summed E-state index contributed by atoms with van der Waals surface area (Å²) in [6.45, 7) is 4.97. The van der Waals surface area contributed by atoms with Crippen LogP contribution in [0.3, 0.4) is 0 Å². The Balaban J connectivity index is 1.97. The maximum atomic E-state index is 5.65. The van der Waals surface area contributed by atoms with E-state index in [0.29, 0.717) is 6.10 Å². The monoisotopic (exact) mass is 152 g/mol. The van der Waals surface area contributed by atoms with Gasteiger partial charge in [0.25, 0.3) is 0 Å². The fourth-order valence-electron chi connectivity index (χ4n) is 2.31. The number of hydrogen-bond acceptors (Lipinski definition) is 1. The molecule has 0 aromatic carbocycles. The minimum atomic E-state index is 0.428. The molecule has 2 rings (SSSR count). The van der Waals surface area contributed by atoms with Crippen LogP contribution in [0.5, 0.6) is 0 Å². The van der Waals surface area contributed by atoms with Crippen LogP contribution >= 0.6 is 0 Å². The number of ether oxygens (including phenoxy) is 1. The van der Waals surface area contributed by atoms with Crippen molar-refractivity contribution in [2.45, 2.75) is 38.2 Å².